The molecule has 6 heteroatoms. The molecule has 0 N–H and O–H groups in total. The van der Waals surface area contributed by atoms with Crippen molar-refractivity contribution < 1.29 is 14.2 Å². The number of ether oxygens (including phenoxy) is 1. The lowest BCUT2D eigenvalue weighted by molar-refractivity contribution is -0.752. The highest BCUT2D eigenvalue weighted by Gasteiger charge is 2.09. The predicted octanol–water partition coefficient (Wildman–Crippen LogP) is 0.389. The van der Waals surface area contributed by atoms with Crippen molar-refractivity contribution in [2.45, 2.75) is 13.0 Å². The van der Waals surface area contributed by atoms with Gasteiger partial charge >= 0.3 is 5.97 Å². The fourth-order valence-electron chi connectivity index (χ4n) is 1.40. The third-order valence-corrected chi connectivity index (χ3v) is 2.37. The first-order chi connectivity index (χ1) is 8.79. The maximum Gasteiger partial charge on any atom is 0.312 e. The summed E-state index contributed by atoms with van der Waals surface area (Å²) in [6.07, 6.45) is 7.12. The van der Waals surface area contributed by atoms with Crippen LogP contribution in [0.15, 0.2) is 36.9 Å². The Labute approximate surface area is 104 Å². The molecule has 0 fully saturated rings. The molecule has 0 aromatic carbocycles. The van der Waals surface area contributed by atoms with E-state index in [1.807, 2.05) is 6.07 Å². The molecule has 0 aliphatic heterocycles. The summed E-state index contributed by atoms with van der Waals surface area (Å²) >= 11 is 0. The van der Waals surface area contributed by atoms with Crippen LogP contribution in [0.5, 0.6) is 0 Å². The first-order valence-corrected chi connectivity index (χ1v) is 5.49. The minimum absolute atomic E-state index is 0.250. The van der Waals surface area contributed by atoms with Gasteiger partial charge in [0.2, 0.25) is 0 Å². The van der Waals surface area contributed by atoms with Crippen molar-refractivity contribution in [2.24, 2.45) is 0 Å². The second-order valence-electron chi connectivity index (χ2n) is 3.58. The lowest BCUT2D eigenvalue weighted by Crippen LogP contribution is -2.38. The largest absolute Gasteiger partial charge is 0.469 e. The van der Waals surface area contributed by atoms with Gasteiger partial charge in [-0.2, -0.15) is 0 Å². The Balaban J connectivity index is 2.04. The van der Waals surface area contributed by atoms with E-state index in [0.717, 1.165) is 5.56 Å². The van der Waals surface area contributed by atoms with Crippen molar-refractivity contribution >= 4 is 5.97 Å². The zero-order chi connectivity index (χ0) is 12.8. The summed E-state index contributed by atoms with van der Waals surface area (Å²) in [5.41, 5.74) is 0.838. The van der Waals surface area contributed by atoms with Crippen molar-refractivity contribution in [3.63, 3.8) is 0 Å². The second-order valence-corrected chi connectivity index (χ2v) is 3.58. The second kappa shape index (κ2) is 5.81. The Morgan fingerprint density at radius 1 is 1.39 bits per heavy atom. The topological polar surface area (TPSA) is 68.8 Å². The fourth-order valence-corrected chi connectivity index (χ4v) is 1.40. The first-order valence-electron chi connectivity index (χ1n) is 5.49. The zero-order valence-corrected chi connectivity index (χ0v) is 9.98. The van der Waals surface area contributed by atoms with E-state index in [2.05, 4.69) is 19.8 Å². The highest BCUT2D eigenvalue weighted by molar-refractivity contribution is 5.68. The standard InChI is InChI=1S/C12H13N4O2/c1-18-11(17)4-8-16-7-3-10(9-15-16)12-13-5-2-6-14-12/h2-3,5-7,9H,4,8H2,1H3/q+1. The van der Waals surface area contributed by atoms with Crippen LogP contribution in [-0.2, 0) is 16.1 Å². The van der Waals surface area contributed by atoms with Crippen LogP contribution in [0.3, 0.4) is 0 Å². The van der Waals surface area contributed by atoms with Gasteiger partial charge in [-0.1, -0.05) is 4.68 Å². The minimum atomic E-state index is -0.250. The number of hydrogen-bond acceptors (Lipinski definition) is 5. The molecule has 6 nitrogen and oxygen atoms in total. The van der Waals surface area contributed by atoms with Gasteiger partial charge in [0.1, 0.15) is 12.6 Å². The summed E-state index contributed by atoms with van der Waals surface area (Å²) in [5, 5.41) is 4.19. The van der Waals surface area contributed by atoms with Crippen LogP contribution in [0.4, 0.5) is 0 Å². The molecule has 2 heterocycles. The Kier molecular flexibility index (Phi) is 3.90. The molecular formula is C12H13N4O2+. The summed E-state index contributed by atoms with van der Waals surface area (Å²) in [6.45, 7) is 0.489. The predicted molar refractivity (Wildman–Crippen MR) is 62.1 cm³/mol. The SMILES string of the molecule is COC(=O)CC[n+]1ccc(-c2ncccn2)cn1. The smallest absolute Gasteiger partial charge is 0.312 e. The average Bonchev–Trinajstić information content (AvgIpc) is 2.46. The van der Waals surface area contributed by atoms with Gasteiger partial charge in [0.15, 0.2) is 18.6 Å². The van der Waals surface area contributed by atoms with Crippen LogP contribution in [0.1, 0.15) is 6.42 Å². The molecule has 92 valence electrons. The minimum Gasteiger partial charge on any atom is -0.469 e. The van der Waals surface area contributed by atoms with Crippen LogP contribution in [0.2, 0.25) is 0 Å². The lowest BCUT2D eigenvalue weighted by atomic mass is 10.3. The van der Waals surface area contributed by atoms with Crippen LogP contribution < -0.4 is 4.68 Å². The number of carbonyl (C=O) groups excluding carboxylic acids is 1. The molecule has 0 amide bonds. The van der Waals surface area contributed by atoms with Crippen molar-refractivity contribution in [3.05, 3.63) is 36.9 Å². The summed E-state index contributed by atoms with van der Waals surface area (Å²) < 4.78 is 6.23. The lowest BCUT2D eigenvalue weighted by Gasteiger charge is -1.97. The third kappa shape index (κ3) is 3.07. The van der Waals surface area contributed by atoms with Crippen LogP contribution in [0.25, 0.3) is 11.4 Å². The van der Waals surface area contributed by atoms with Gasteiger partial charge in [-0.3, -0.25) is 4.79 Å². The van der Waals surface area contributed by atoms with Gasteiger partial charge < -0.3 is 4.74 Å². The monoisotopic (exact) mass is 245 g/mol. The van der Waals surface area contributed by atoms with E-state index in [1.54, 1.807) is 35.5 Å². The van der Waals surface area contributed by atoms with E-state index in [4.69, 9.17) is 0 Å². The van der Waals surface area contributed by atoms with Gasteiger partial charge in [-0.05, 0) is 11.2 Å². The first kappa shape index (κ1) is 12.1. The highest BCUT2D eigenvalue weighted by atomic mass is 16.5. The molecule has 0 saturated carbocycles. The molecule has 0 saturated heterocycles. The van der Waals surface area contributed by atoms with Crippen molar-refractivity contribution in [3.8, 4) is 11.4 Å². The van der Waals surface area contributed by atoms with Crippen LogP contribution >= 0.6 is 0 Å². The van der Waals surface area contributed by atoms with Gasteiger partial charge in [-0.25, -0.2) is 9.97 Å². The number of rotatable bonds is 4. The maximum absolute atomic E-state index is 11.0. The Hall–Kier alpha value is -2.37. The number of esters is 1. The molecule has 2 rings (SSSR count). The molecule has 0 unspecified atom stereocenters. The van der Waals surface area contributed by atoms with Crippen LogP contribution in [-0.4, -0.2) is 28.1 Å². The third-order valence-electron chi connectivity index (χ3n) is 2.37. The summed E-state index contributed by atoms with van der Waals surface area (Å²) in [4.78, 5) is 19.3. The molecule has 0 radical (unpaired) electrons. The van der Waals surface area contributed by atoms with Gasteiger partial charge in [-0.15, -0.1) is 0 Å². The van der Waals surface area contributed by atoms with E-state index in [-0.39, 0.29) is 5.97 Å². The number of aryl methyl sites for hydroxylation is 1. The summed E-state index contributed by atoms with van der Waals surface area (Å²) in [5.74, 6) is 0.380. The van der Waals surface area contributed by atoms with E-state index >= 15 is 0 Å². The number of nitrogens with zero attached hydrogens (tertiary/aromatic N) is 4. The van der Waals surface area contributed by atoms with Gasteiger partial charge in [0.05, 0.1) is 7.11 Å². The number of hydrogen-bond donors (Lipinski definition) is 0. The molecular weight excluding hydrogens is 232 g/mol. The highest BCUT2D eigenvalue weighted by Crippen LogP contribution is 2.09. The van der Waals surface area contributed by atoms with E-state index < -0.39 is 0 Å². The number of carbonyl (C=O) groups is 1. The maximum atomic E-state index is 11.0. The van der Waals surface area contributed by atoms with Crippen molar-refractivity contribution in [1.29, 1.82) is 0 Å². The molecule has 18 heavy (non-hydrogen) atoms. The molecule has 0 spiro atoms. The Bertz CT molecular complexity index is 513. The molecule has 0 bridgehead atoms. The summed E-state index contributed by atoms with van der Waals surface area (Å²) in [6, 6.07) is 3.62. The summed E-state index contributed by atoms with van der Waals surface area (Å²) in [7, 11) is 1.37. The molecule has 0 aliphatic rings. The normalized spacial score (nSPS) is 10.1. The van der Waals surface area contributed by atoms with E-state index in [9.17, 15) is 4.79 Å². The zero-order valence-electron chi connectivity index (χ0n) is 9.98. The average molecular weight is 245 g/mol. The Morgan fingerprint density at radius 3 is 2.78 bits per heavy atom. The Morgan fingerprint density at radius 2 is 2.17 bits per heavy atom. The number of methoxy groups -OCH3 is 1. The molecule has 2 aromatic rings. The van der Waals surface area contributed by atoms with E-state index in [1.165, 1.54) is 7.11 Å². The quantitative estimate of drug-likeness (QED) is 0.575. The van der Waals surface area contributed by atoms with Crippen molar-refractivity contribution in [1.82, 2.24) is 15.1 Å². The fraction of sp³-hybridized carbons (Fsp3) is 0.250. The van der Waals surface area contributed by atoms with Crippen LogP contribution in [0, 0.1) is 0 Å². The van der Waals surface area contributed by atoms with Gasteiger partial charge in [0, 0.05) is 24.0 Å². The molecule has 0 atom stereocenters. The van der Waals surface area contributed by atoms with Gasteiger partial charge in [0.25, 0.3) is 0 Å². The molecule has 0 aliphatic carbocycles. The number of aromatic nitrogens is 4. The van der Waals surface area contributed by atoms with E-state index in [0.29, 0.717) is 18.8 Å². The molecule has 2 aromatic heterocycles. The van der Waals surface area contributed by atoms with Crippen molar-refractivity contribution in [2.75, 3.05) is 7.11 Å².